The zero-order valence-corrected chi connectivity index (χ0v) is 11.4. The third kappa shape index (κ3) is 3.06. The first kappa shape index (κ1) is 12.9. The molecule has 0 radical (unpaired) electrons. The molecule has 3 rings (SSSR count). The third-order valence-corrected chi connectivity index (χ3v) is 5.13. The Morgan fingerprint density at radius 2 is 1.89 bits per heavy atom. The SMILES string of the molecule is NC(CCC1CCOC2(CCOCC2)C1)C1CC1. The number of hydrogen-bond donors (Lipinski definition) is 1. The van der Waals surface area contributed by atoms with Gasteiger partial charge in [0.05, 0.1) is 5.60 Å². The van der Waals surface area contributed by atoms with Crippen LogP contribution in [0.5, 0.6) is 0 Å². The highest BCUT2D eigenvalue weighted by Gasteiger charge is 2.39. The Balaban J connectivity index is 1.47. The lowest BCUT2D eigenvalue weighted by atomic mass is 9.78. The Bertz CT molecular complexity index is 266. The molecule has 0 aromatic rings. The van der Waals surface area contributed by atoms with Crippen LogP contribution in [-0.4, -0.2) is 31.5 Å². The largest absolute Gasteiger partial charge is 0.381 e. The molecule has 3 nitrogen and oxygen atoms in total. The summed E-state index contributed by atoms with van der Waals surface area (Å²) in [6.45, 7) is 2.71. The van der Waals surface area contributed by atoms with Gasteiger partial charge in [0, 0.05) is 25.9 Å². The van der Waals surface area contributed by atoms with E-state index in [9.17, 15) is 0 Å². The summed E-state index contributed by atoms with van der Waals surface area (Å²) in [5, 5.41) is 0. The van der Waals surface area contributed by atoms with Crippen LogP contribution in [0.4, 0.5) is 0 Å². The lowest BCUT2D eigenvalue weighted by Crippen LogP contribution is -2.44. The van der Waals surface area contributed by atoms with Gasteiger partial charge in [0.1, 0.15) is 0 Å². The predicted molar refractivity (Wildman–Crippen MR) is 71.4 cm³/mol. The van der Waals surface area contributed by atoms with E-state index >= 15 is 0 Å². The van der Waals surface area contributed by atoms with E-state index in [2.05, 4.69) is 0 Å². The monoisotopic (exact) mass is 253 g/mol. The van der Waals surface area contributed by atoms with Crippen LogP contribution >= 0.6 is 0 Å². The number of rotatable bonds is 4. The quantitative estimate of drug-likeness (QED) is 0.837. The molecule has 3 heteroatoms. The molecule has 3 aliphatic rings. The third-order valence-electron chi connectivity index (χ3n) is 5.13. The second-order valence-electron chi connectivity index (χ2n) is 6.58. The average molecular weight is 253 g/mol. The average Bonchev–Trinajstić information content (AvgIpc) is 3.21. The van der Waals surface area contributed by atoms with Gasteiger partial charge in [0.2, 0.25) is 0 Å². The van der Waals surface area contributed by atoms with E-state index in [1.165, 1.54) is 38.5 Å². The number of hydrogen-bond acceptors (Lipinski definition) is 3. The van der Waals surface area contributed by atoms with Crippen LogP contribution in [-0.2, 0) is 9.47 Å². The molecule has 0 aromatic heterocycles. The molecule has 2 saturated heterocycles. The second kappa shape index (κ2) is 5.48. The Hall–Kier alpha value is -0.120. The standard InChI is InChI=1S/C15H27NO2/c16-14(13-2-3-13)4-1-12-5-8-18-15(11-12)6-9-17-10-7-15/h12-14H,1-11,16H2. The first-order valence-electron chi connectivity index (χ1n) is 7.75. The van der Waals surface area contributed by atoms with E-state index in [0.29, 0.717) is 6.04 Å². The molecular formula is C15H27NO2. The van der Waals surface area contributed by atoms with Gasteiger partial charge in [-0.05, 0) is 63.2 Å². The normalized spacial score (nSPS) is 33.5. The molecule has 1 aliphatic carbocycles. The van der Waals surface area contributed by atoms with Crippen molar-refractivity contribution in [3.63, 3.8) is 0 Å². The van der Waals surface area contributed by atoms with Crippen LogP contribution in [0.2, 0.25) is 0 Å². The molecule has 1 spiro atoms. The van der Waals surface area contributed by atoms with Gasteiger partial charge >= 0.3 is 0 Å². The van der Waals surface area contributed by atoms with Crippen LogP contribution in [0, 0.1) is 11.8 Å². The highest BCUT2D eigenvalue weighted by Crippen LogP contribution is 2.40. The molecule has 1 saturated carbocycles. The Morgan fingerprint density at radius 3 is 2.61 bits per heavy atom. The highest BCUT2D eigenvalue weighted by molar-refractivity contribution is 4.90. The second-order valence-corrected chi connectivity index (χ2v) is 6.58. The van der Waals surface area contributed by atoms with Gasteiger partial charge in [0.25, 0.3) is 0 Å². The first-order valence-corrected chi connectivity index (χ1v) is 7.75. The van der Waals surface area contributed by atoms with E-state index in [0.717, 1.165) is 44.5 Å². The van der Waals surface area contributed by atoms with Crippen LogP contribution < -0.4 is 5.73 Å². The van der Waals surface area contributed by atoms with Gasteiger partial charge in [-0.15, -0.1) is 0 Å². The first-order chi connectivity index (χ1) is 8.77. The fourth-order valence-corrected chi connectivity index (χ4v) is 3.66. The van der Waals surface area contributed by atoms with Crippen LogP contribution in [0.25, 0.3) is 0 Å². The zero-order valence-electron chi connectivity index (χ0n) is 11.4. The van der Waals surface area contributed by atoms with E-state index in [-0.39, 0.29) is 5.60 Å². The van der Waals surface area contributed by atoms with Crippen molar-refractivity contribution in [1.29, 1.82) is 0 Å². The summed E-state index contributed by atoms with van der Waals surface area (Å²) < 4.78 is 11.6. The lowest BCUT2D eigenvalue weighted by Gasteiger charge is -2.43. The summed E-state index contributed by atoms with van der Waals surface area (Å²) >= 11 is 0. The molecule has 0 amide bonds. The van der Waals surface area contributed by atoms with Crippen LogP contribution in [0.1, 0.15) is 51.4 Å². The van der Waals surface area contributed by atoms with E-state index in [1.54, 1.807) is 0 Å². The fourth-order valence-electron chi connectivity index (χ4n) is 3.66. The van der Waals surface area contributed by atoms with E-state index < -0.39 is 0 Å². The minimum absolute atomic E-state index is 0.158. The molecule has 104 valence electrons. The topological polar surface area (TPSA) is 44.5 Å². The molecule has 0 aromatic carbocycles. The molecular weight excluding hydrogens is 226 g/mol. The van der Waals surface area contributed by atoms with Crippen LogP contribution in [0.15, 0.2) is 0 Å². The van der Waals surface area contributed by atoms with Gasteiger partial charge in [-0.2, -0.15) is 0 Å². The fraction of sp³-hybridized carbons (Fsp3) is 1.00. The van der Waals surface area contributed by atoms with Gasteiger partial charge in [0.15, 0.2) is 0 Å². The maximum absolute atomic E-state index is 6.21. The molecule has 2 aliphatic heterocycles. The van der Waals surface area contributed by atoms with E-state index in [4.69, 9.17) is 15.2 Å². The predicted octanol–water partition coefficient (Wildman–Crippen LogP) is 2.48. The lowest BCUT2D eigenvalue weighted by molar-refractivity contribution is -0.147. The Morgan fingerprint density at radius 1 is 1.11 bits per heavy atom. The molecule has 18 heavy (non-hydrogen) atoms. The summed E-state index contributed by atoms with van der Waals surface area (Å²) in [6, 6.07) is 0.471. The maximum Gasteiger partial charge on any atom is 0.0729 e. The maximum atomic E-state index is 6.21. The van der Waals surface area contributed by atoms with Gasteiger partial charge in [-0.25, -0.2) is 0 Å². The Kier molecular flexibility index (Phi) is 3.92. The van der Waals surface area contributed by atoms with Crippen molar-refractivity contribution in [1.82, 2.24) is 0 Å². The smallest absolute Gasteiger partial charge is 0.0729 e. The highest BCUT2D eigenvalue weighted by atomic mass is 16.5. The molecule has 2 N–H and O–H groups in total. The van der Waals surface area contributed by atoms with Gasteiger partial charge < -0.3 is 15.2 Å². The van der Waals surface area contributed by atoms with Crippen molar-refractivity contribution >= 4 is 0 Å². The summed E-state index contributed by atoms with van der Waals surface area (Å²) in [6.07, 6.45) is 9.95. The number of nitrogens with two attached hydrogens (primary N) is 1. The Labute approximate surface area is 110 Å². The zero-order chi connectivity index (χ0) is 12.4. The van der Waals surface area contributed by atoms with E-state index in [1.807, 2.05) is 0 Å². The van der Waals surface area contributed by atoms with Gasteiger partial charge in [-0.1, -0.05) is 0 Å². The van der Waals surface area contributed by atoms with Crippen LogP contribution in [0.3, 0.4) is 0 Å². The number of ether oxygens (including phenoxy) is 2. The molecule has 2 atom stereocenters. The summed E-state index contributed by atoms with van der Waals surface area (Å²) in [5.74, 6) is 1.68. The van der Waals surface area contributed by atoms with Gasteiger partial charge in [-0.3, -0.25) is 0 Å². The minimum Gasteiger partial charge on any atom is -0.381 e. The summed E-state index contributed by atoms with van der Waals surface area (Å²) in [7, 11) is 0. The molecule has 2 heterocycles. The van der Waals surface area contributed by atoms with Crippen molar-refractivity contribution in [2.75, 3.05) is 19.8 Å². The minimum atomic E-state index is 0.158. The van der Waals surface area contributed by atoms with Crippen molar-refractivity contribution < 1.29 is 9.47 Å². The molecule has 0 bridgehead atoms. The van der Waals surface area contributed by atoms with Crippen molar-refractivity contribution in [2.45, 2.75) is 63.0 Å². The molecule has 2 unspecified atom stereocenters. The summed E-state index contributed by atoms with van der Waals surface area (Å²) in [4.78, 5) is 0. The van der Waals surface area contributed by atoms with Crippen molar-refractivity contribution in [3.05, 3.63) is 0 Å². The van der Waals surface area contributed by atoms with Crippen molar-refractivity contribution in [3.8, 4) is 0 Å². The molecule has 3 fully saturated rings. The van der Waals surface area contributed by atoms with Crippen molar-refractivity contribution in [2.24, 2.45) is 17.6 Å². The summed E-state index contributed by atoms with van der Waals surface area (Å²) in [5.41, 5.74) is 6.37.